The van der Waals surface area contributed by atoms with E-state index in [2.05, 4.69) is 22.9 Å². The number of carbonyl (C=O) groups excluding carboxylic acids is 2. The molecule has 0 unspecified atom stereocenters. The molecule has 23 heavy (non-hydrogen) atoms. The van der Waals surface area contributed by atoms with E-state index in [0.717, 1.165) is 12.1 Å². The van der Waals surface area contributed by atoms with E-state index in [1.807, 2.05) is 0 Å². The fraction of sp³-hybridized carbons (Fsp3) is 0.154. The summed E-state index contributed by atoms with van der Waals surface area (Å²) in [5, 5.41) is 25.2. The maximum Gasteiger partial charge on any atom is 0.315 e. The Labute approximate surface area is 135 Å². The minimum absolute atomic E-state index is 0.121. The van der Waals surface area contributed by atoms with Gasteiger partial charge in [0.1, 0.15) is 5.57 Å². The molecule has 0 radical (unpaired) electrons. The number of nitro groups is 1. The Morgan fingerprint density at radius 1 is 1.35 bits per heavy atom. The zero-order chi connectivity index (χ0) is 17.1. The van der Waals surface area contributed by atoms with Crippen LogP contribution in [-0.2, 0) is 9.59 Å². The van der Waals surface area contributed by atoms with Crippen LogP contribution in [-0.4, -0.2) is 33.6 Å². The SMILES string of the molecule is CCOc1cc(C=C2C(=O)NC(=S)NC2=O)cc([N+](=O)[O-])c1O. The highest BCUT2D eigenvalue weighted by molar-refractivity contribution is 7.80. The number of ether oxygens (including phenoxy) is 1. The summed E-state index contributed by atoms with van der Waals surface area (Å²) in [5.41, 5.74) is -0.734. The number of thiocarbonyl (C=S) groups is 1. The van der Waals surface area contributed by atoms with Crippen LogP contribution in [0.1, 0.15) is 12.5 Å². The van der Waals surface area contributed by atoms with Crippen LogP contribution in [0.15, 0.2) is 17.7 Å². The fourth-order valence-corrected chi connectivity index (χ4v) is 2.06. The van der Waals surface area contributed by atoms with Crippen LogP contribution in [0.4, 0.5) is 5.69 Å². The van der Waals surface area contributed by atoms with Gasteiger partial charge in [-0.15, -0.1) is 0 Å². The van der Waals surface area contributed by atoms with Gasteiger partial charge in [0.05, 0.1) is 11.5 Å². The van der Waals surface area contributed by atoms with Gasteiger partial charge in [-0.1, -0.05) is 0 Å². The first kappa shape index (κ1) is 16.4. The number of rotatable bonds is 4. The Hall–Kier alpha value is -3.01. The monoisotopic (exact) mass is 337 g/mol. The van der Waals surface area contributed by atoms with Crippen LogP contribution >= 0.6 is 12.2 Å². The van der Waals surface area contributed by atoms with Crippen molar-refractivity contribution in [3.63, 3.8) is 0 Å². The fourth-order valence-electron chi connectivity index (χ4n) is 1.87. The van der Waals surface area contributed by atoms with Crippen LogP contribution in [0.25, 0.3) is 6.08 Å². The minimum atomic E-state index is -0.796. The molecular weight excluding hydrogens is 326 g/mol. The second-order valence-electron chi connectivity index (χ2n) is 4.37. The van der Waals surface area contributed by atoms with Crippen LogP contribution in [0.2, 0.25) is 0 Å². The number of hydrogen-bond donors (Lipinski definition) is 3. The average Bonchev–Trinajstić information content (AvgIpc) is 2.45. The van der Waals surface area contributed by atoms with Gasteiger partial charge in [0.25, 0.3) is 11.8 Å². The number of amides is 2. The van der Waals surface area contributed by atoms with Crippen molar-refractivity contribution in [2.24, 2.45) is 0 Å². The molecule has 1 saturated heterocycles. The Kier molecular flexibility index (Phi) is 4.55. The molecule has 0 bridgehead atoms. The molecule has 0 spiro atoms. The largest absolute Gasteiger partial charge is 0.500 e. The van der Waals surface area contributed by atoms with Gasteiger partial charge in [0.2, 0.25) is 5.75 Å². The second kappa shape index (κ2) is 6.40. The molecular formula is C13H11N3O6S. The molecule has 2 amide bonds. The molecule has 0 saturated carbocycles. The van der Waals surface area contributed by atoms with Gasteiger partial charge < -0.3 is 9.84 Å². The predicted octanol–water partition coefficient (Wildman–Crippen LogP) is 0.613. The lowest BCUT2D eigenvalue weighted by Gasteiger charge is -2.16. The highest BCUT2D eigenvalue weighted by Crippen LogP contribution is 2.37. The van der Waals surface area contributed by atoms with E-state index in [0.29, 0.717) is 0 Å². The predicted molar refractivity (Wildman–Crippen MR) is 82.8 cm³/mol. The molecule has 10 heteroatoms. The van der Waals surface area contributed by atoms with E-state index in [-0.39, 0.29) is 28.6 Å². The summed E-state index contributed by atoms with van der Waals surface area (Å²) in [6.07, 6.45) is 1.14. The third-order valence-corrected chi connectivity index (χ3v) is 3.03. The summed E-state index contributed by atoms with van der Waals surface area (Å²) >= 11 is 4.67. The topological polar surface area (TPSA) is 131 Å². The van der Waals surface area contributed by atoms with Crippen molar-refractivity contribution in [1.29, 1.82) is 0 Å². The van der Waals surface area contributed by atoms with Crippen LogP contribution < -0.4 is 15.4 Å². The number of phenols is 1. The number of hydrogen-bond acceptors (Lipinski definition) is 7. The van der Waals surface area contributed by atoms with Crippen molar-refractivity contribution >= 4 is 40.9 Å². The smallest absolute Gasteiger partial charge is 0.315 e. The number of benzene rings is 1. The van der Waals surface area contributed by atoms with Crippen molar-refractivity contribution in [2.75, 3.05) is 6.61 Å². The van der Waals surface area contributed by atoms with Crippen molar-refractivity contribution in [2.45, 2.75) is 6.92 Å². The summed E-state index contributed by atoms with van der Waals surface area (Å²) in [6, 6.07) is 2.31. The molecule has 3 N–H and O–H groups in total. The molecule has 9 nitrogen and oxygen atoms in total. The molecule has 1 aliphatic rings. The van der Waals surface area contributed by atoms with Crippen LogP contribution in [0.3, 0.4) is 0 Å². The average molecular weight is 337 g/mol. The lowest BCUT2D eigenvalue weighted by molar-refractivity contribution is -0.386. The molecule has 2 rings (SSSR count). The Morgan fingerprint density at radius 3 is 2.48 bits per heavy atom. The lowest BCUT2D eigenvalue weighted by Crippen LogP contribution is -2.51. The first-order valence-electron chi connectivity index (χ1n) is 6.36. The van der Waals surface area contributed by atoms with Crippen LogP contribution in [0, 0.1) is 10.1 Å². The molecule has 1 aliphatic heterocycles. The van der Waals surface area contributed by atoms with E-state index >= 15 is 0 Å². The van der Waals surface area contributed by atoms with E-state index < -0.39 is 28.2 Å². The van der Waals surface area contributed by atoms with Gasteiger partial charge in [-0.3, -0.25) is 30.3 Å². The third-order valence-electron chi connectivity index (χ3n) is 2.83. The molecule has 1 fully saturated rings. The van der Waals surface area contributed by atoms with Crippen molar-refractivity contribution < 1.29 is 24.4 Å². The van der Waals surface area contributed by atoms with E-state index in [1.54, 1.807) is 6.92 Å². The van der Waals surface area contributed by atoms with Gasteiger partial charge >= 0.3 is 5.69 Å². The third kappa shape index (κ3) is 3.43. The molecule has 1 heterocycles. The standard InChI is InChI=1S/C13H11N3O6S/c1-2-22-9-5-6(4-8(10(9)17)16(20)21)3-7-11(18)14-13(23)15-12(7)19/h3-5,17H,2H2,1H3,(H2,14,15,18,19,23). The van der Waals surface area contributed by atoms with Gasteiger partial charge in [-0.05, 0) is 36.8 Å². The van der Waals surface area contributed by atoms with Gasteiger partial charge in [0, 0.05) is 6.07 Å². The molecule has 120 valence electrons. The molecule has 0 aliphatic carbocycles. The normalized spacial score (nSPS) is 14.1. The summed E-state index contributed by atoms with van der Waals surface area (Å²) in [7, 11) is 0. The molecule has 0 aromatic heterocycles. The van der Waals surface area contributed by atoms with Crippen molar-refractivity contribution in [1.82, 2.24) is 10.6 Å². The number of phenolic OH excluding ortho intramolecular Hbond substituents is 1. The Morgan fingerprint density at radius 2 is 1.96 bits per heavy atom. The lowest BCUT2D eigenvalue weighted by atomic mass is 10.1. The zero-order valence-electron chi connectivity index (χ0n) is 11.8. The summed E-state index contributed by atoms with van der Waals surface area (Å²) in [6.45, 7) is 1.80. The number of carbonyl (C=O) groups is 2. The highest BCUT2D eigenvalue weighted by atomic mass is 32.1. The summed E-state index contributed by atoms with van der Waals surface area (Å²) in [5.74, 6) is -2.21. The molecule has 1 aromatic carbocycles. The van der Waals surface area contributed by atoms with Crippen molar-refractivity contribution in [3.05, 3.63) is 33.4 Å². The van der Waals surface area contributed by atoms with E-state index in [4.69, 9.17) is 4.74 Å². The summed E-state index contributed by atoms with van der Waals surface area (Å²) < 4.78 is 5.12. The van der Waals surface area contributed by atoms with E-state index in [1.165, 1.54) is 6.07 Å². The quantitative estimate of drug-likeness (QED) is 0.241. The zero-order valence-corrected chi connectivity index (χ0v) is 12.6. The number of nitro benzene ring substituents is 1. The van der Waals surface area contributed by atoms with Crippen LogP contribution in [0.5, 0.6) is 11.5 Å². The molecule has 1 aromatic rings. The highest BCUT2D eigenvalue weighted by Gasteiger charge is 2.27. The first-order chi connectivity index (χ1) is 10.8. The molecule has 0 atom stereocenters. The van der Waals surface area contributed by atoms with Gasteiger partial charge in [-0.25, -0.2) is 0 Å². The first-order valence-corrected chi connectivity index (χ1v) is 6.76. The number of aromatic hydroxyl groups is 1. The maximum absolute atomic E-state index is 11.8. The summed E-state index contributed by atoms with van der Waals surface area (Å²) in [4.78, 5) is 33.7. The number of nitrogens with one attached hydrogen (secondary N) is 2. The van der Waals surface area contributed by atoms with Gasteiger partial charge in [0.15, 0.2) is 10.9 Å². The van der Waals surface area contributed by atoms with E-state index in [9.17, 15) is 24.8 Å². The second-order valence-corrected chi connectivity index (χ2v) is 4.78. The number of nitrogens with zero attached hydrogens (tertiary/aromatic N) is 1. The Bertz CT molecular complexity index is 736. The Balaban J connectivity index is 2.52. The minimum Gasteiger partial charge on any atom is -0.500 e. The van der Waals surface area contributed by atoms with Gasteiger partial charge in [-0.2, -0.15) is 0 Å². The van der Waals surface area contributed by atoms with Crippen molar-refractivity contribution in [3.8, 4) is 11.5 Å². The maximum atomic E-state index is 11.8.